The van der Waals surface area contributed by atoms with Crippen molar-refractivity contribution in [1.82, 2.24) is 4.98 Å². The molecule has 5 aromatic rings. The van der Waals surface area contributed by atoms with Crippen LogP contribution in [-0.2, 0) is 25.8 Å². The first kappa shape index (κ1) is 33.2. The summed E-state index contributed by atoms with van der Waals surface area (Å²) < 4.78 is 0. The molecule has 0 aliphatic carbocycles. The molecule has 3 heteroatoms. The Morgan fingerprint density at radius 1 is 0.675 bits per heavy atom. The molecule has 0 spiro atoms. The first-order valence-electron chi connectivity index (χ1n) is 13.2. The Kier molecular flexibility index (Phi) is 12.1. The Labute approximate surface area is 261 Å². The zero-order chi connectivity index (χ0) is 25.9. The van der Waals surface area contributed by atoms with Crippen molar-refractivity contribution in [3.8, 4) is 11.3 Å². The van der Waals surface area contributed by atoms with Crippen molar-refractivity contribution in [2.45, 2.75) is 52.5 Å². The number of hydrogen-bond acceptors (Lipinski definition) is 1. The number of aromatic nitrogens is 1. The van der Waals surface area contributed by atoms with Crippen molar-refractivity contribution in [2.24, 2.45) is 0 Å². The van der Waals surface area contributed by atoms with E-state index in [2.05, 4.69) is 132 Å². The molecule has 0 amide bonds. The quantitative estimate of drug-likeness (QED) is 0.123. The molecule has 0 fully saturated rings. The van der Waals surface area contributed by atoms with Crippen molar-refractivity contribution < 1.29 is 25.8 Å². The number of hydrogen-bond donors (Lipinski definition) is 0. The van der Waals surface area contributed by atoms with Gasteiger partial charge in [0.25, 0.3) is 0 Å². The first-order chi connectivity index (χ1) is 17.9. The molecular formula is C37H40HfN2. The molecule has 202 valence electrons. The second-order valence-corrected chi connectivity index (χ2v) is 10.4. The van der Waals surface area contributed by atoms with Gasteiger partial charge in [-0.1, -0.05) is 129 Å². The van der Waals surface area contributed by atoms with Crippen LogP contribution in [0.5, 0.6) is 0 Å². The minimum Gasteiger partial charge on any atom is -0.673 e. The molecule has 0 saturated carbocycles. The molecule has 1 heterocycles. The Morgan fingerprint density at radius 3 is 1.95 bits per heavy atom. The van der Waals surface area contributed by atoms with Gasteiger partial charge < -0.3 is 25.2 Å². The largest absolute Gasteiger partial charge is 4.00 e. The minimum atomic E-state index is -0.214. The van der Waals surface area contributed by atoms with Crippen molar-refractivity contribution in [3.05, 3.63) is 151 Å². The summed E-state index contributed by atoms with van der Waals surface area (Å²) in [7, 11) is 0. The van der Waals surface area contributed by atoms with Crippen molar-refractivity contribution in [3.63, 3.8) is 0 Å². The number of aryl methyl sites for hydroxylation is 1. The number of nitrogens with zero attached hydrogens (tertiary/aromatic N) is 2. The maximum absolute atomic E-state index is 5.53. The Balaban J connectivity index is 0.00000187. The van der Waals surface area contributed by atoms with Gasteiger partial charge in [-0.15, -0.1) is 34.8 Å². The van der Waals surface area contributed by atoms with Crippen LogP contribution in [0.4, 0.5) is 5.69 Å². The number of para-hydroxylation sites is 1. The fourth-order valence-electron chi connectivity index (χ4n) is 5.10. The molecule has 4 aromatic carbocycles. The summed E-state index contributed by atoms with van der Waals surface area (Å²) in [5.41, 5.74) is 8.95. The van der Waals surface area contributed by atoms with Crippen LogP contribution in [0.2, 0.25) is 0 Å². The number of rotatable bonds is 7. The van der Waals surface area contributed by atoms with Gasteiger partial charge >= 0.3 is 25.8 Å². The predicted octanol–water partition coefficient (Wildman–Crippen LogP) is 11.0. The summed E-state index contributed by atoms with van der Waals surface area (Å²) in [5.74, 6) is 0.749. The topological polar surface area (TPSA) is 27.0 Å². The van der Waals surface area contributed by atoms with E-state index in [1.54, 1.807) is 0 Å². The second kappa shape index (κ2) is 14.6. The van der Waals surface area contributed by atoms with Crippen LogP contribution >= 0.6 is 0 Å². The predicted molar refractivity (Wildman–Crippen MR) is 170 cm³/mol. The fourth-order valence-corrected chi connectivity index (χ4v) is 5.10. The van der Waals surface area contributed by atoms with Gasteiger partial charge in [-0.25, -0.2) is 0 Å². The van der Waals surface area contributed by atoms with Gasteiger partial charge in [0.2, 0.25) is 0 Å². The van der Waals surface area contributed by atoms with Gasteiger partial charge in [-0.2, -0.15) is 0 Å². The molecule has 0 N–H and O–H groups in total. The monoisotopic (exact) mass is 692 g/mol. The van der Waals surface area contributed by atoms with Crippen molar-refractivity contribution in [1.29, 1.82) is 0 Å². The zero-order valence-electron chi connectivity index (χ0n) is 24.9. The molecule has 0 bridgehead atoms. The summed E-state index contributed by atoms with van der Waals surface area (Å²) in [6.45, 7) is 11.2. The second-order valence-electron chi connectivity index (χ2n) is 10.4. The van der Waals surface area contributed by atoms with Gasteiger partial charge in [0.05, 0.1) is 0 Å². The van der Waals surface area contributed by atoms with E-state index in [9.17, 15) is 0 Å². The molecule has 1 aromatic heterocycles. The fraction of sp³-hybridized carbons (Fsp3) is 0.216. The molecule has 0 aliphatic heterocycles. The molecule has 5 rings (SSSR count). The van der Waals surface area contributed by atoms with Gasteiger partial charge in [0.1, 0.15) is 0 Å². The standard InChI is InChI=1S/C35H34N2.2CH3.Hf/c1-23(2)27-18-11-19-28(24(3)4)34(27)37-35(29-16-8-6-13-25(29)5)33-22-12-21-32(36-33)31-20-10-15-26-14-7-9-17-30(26)31;;;/h6-19,21-24,35H,1-5H3;2*1H3;/q-2;2*-1;+4. The number of fused-ring (bicyclic) bond motifs is 1. The third kappa shape index (κ3) is 6.81. The van der Waals surface area contributed by atoms with E-state index < -0.39 is 0 Å². The van der Waals surface area contributed by atoms with Gasteiger partial charge in [-0.05, 0) is 42.1 Å². The van der Waals surface area contributed by atoms with E-state index in [1.165, 1.54) is 27.6 Å². The van der Waals surface area contributed by atoms with E-state index in [0.29, 0.717) is 11.8 Å². The number of pyridine rings is 1. The summed E-state index contributed by atoms with van der Waals surface area (Å²) >= 11 is 0. The Morgan fingerprint density at radius 2 is 1.27 bits per heavy atom. The average molecular weight is 691 g/mol. The summed E-state index contributed by atoms with van der Waals surface area (Å²) in [6.07, 6.45) is 0. The van der Waals surface area contributed by atoms with Crippen LogP contribution in [0.25, 0.3) is 27.3 Å². The molecule has 0 aliphatic rings. The van der Waals surface area contributed by atoms with Crippen LogP contribution in [0, 0.1) is 27.8 Å². The van der Waals surface area contributed by atoms with Crippen molar-refractivity contribution >= 4 is 16.5 Å². The van der Waals surface area contributed by atoms with E-state index in [0.717, 1.165) is 28.0 Å². The van der Waals surface area contributed by atoms with E-state index in [1.807, 2.05) is 6.07 Å². The maximum Gasteiger partial charge on any atom is 4.00 e. The minimum absolute atomic E-state index is 0. The van der Waals surface area contributed by atoms with Crippen LogP contribution in [0.1, 0.15) is 73.5 Å². The van der Waals surface area contributed by atoms with E-state index in [-0.39, 0.29) is 46.7 Å². The van der Waals surface area contributed by atoms with Gasteiger partial charge in [-0.3, -0.25) is 0 Å². The summed E-state index contributed by atoms with van der Waals surface area (Å²) in [4.78, 5) is 5.23. The van der Waals surface area contributed by atoms with Crippen molar-refractivity contribution in [2.75, 3.05) is 0 Å². The Hall–Kier alpha value is -3.04. The van der Waals surface area contributed by atoms with E-state index >= 15 is 0 Å². The zero-order valence-corrected chi connectivity index (χ0v) is 28.5. The smallest absolute Gasteiger partial charge is 0.673 e. The number of benzene rings is 4. The molecule has 0 saturated heterocycles. The normalized spacial score (nSPS) is 11.4. The summed E-state index contributed by atoms with van der Waals surface area (Å²) in [6, 6.07) is 37.2. The molecule has 1 atom stereocenters. The molecule has 40 heavy (non-hydrogen) atoms. The van der Waals surface area contributed by atoms with Gasteiger partial charge in [0.15, 0.2) is 0 Å². The molecule has 2 nitrogen and oxygen atoms in total. The molecular weight excluding hydrogens is 651 g/mol. The van der Waals surface area contributed by atoms with Crippen LogP contribution < -0.4 is 0 Å². The molecule has 1 unspecified atom stereocenters. The third-order valence-electron chi connectivity index (χ3n) is 7.11. The Bertz CT molecular complexity index is 1510. The molecule has 0 radical (unpaired) electrons. The van der Waals surface area contributed by atoms with Crippen LogP contribution in [0.15, 0.2) is 97.1 Å². The van der Waals surface area contributed by atoms with E-state index in [4.69, 9.17) is 10.3 Å². The van der Waals surface area contributed by atoms with Crippen LogP contribution in [-0.4, -0.2) is 4.98 Å². The summed E-state index contributed by atoms with van der Waals surface area (Å²) in [5, 5.41) is 7.88. The third-order valence-corrected chi connectivity index (χ3v) is 7.11. The SMILES string of the molecule is Cc1ccccc1C([N-]c1c(C(C)C)cccc1C(C)C)c1cccc(-c2[c-]ccc3ccccc23)n1.[CH3-].[CH3-].[Hf+4]. The van der Waals surface area contributed by atoms with Crippen LogP contribution in [0.3, 0.4) is 0 Å². The average Bonchev–Trinajstić information content (AvgIpc) is 2.91. The maximum atomic E-state index is 5.53. The van der Waals surface area contributed by atoms with Gasteiger partial charge in [0, 0.05) is 5.69 Å². The first-order valence-corrected chi connectivity index (χ1v) is 13.2.